The molecule has 0 amide bonds. The first kappa shape index (κ1) is 13.5. The average molecular weight is 303 g/mol. The van der Waals surface area contributed by atoms with Gasteiger partial charge in [0.25, 0.3) is 5.89 Å². The highest BCUT2D eigenvalue weighted by Gasteiger charge is 2.13. The van der Waals surface area contributed by atoms with Gasteiger partial charge >= 0.3 is 0 Å². The van der Waals surface area contributed by atoms with Crippen LogP contribution in [0, 0.1) is 0 Å². The van der Waals surface area contributed by atoms with Crippen LogP contribution in [-0.2, 0) is 6.42 Å². The summed E-state index contributed by atoms with van der Waals surface area (Å²) in [6, 6.07) is 11.3. The Bertz CT molecular complexity index is 769. The third kappa shape index (κ3) is 2.98. The molecule has 6 heteroatoms. The summed E-state index contributed by atoms with van der Waals surface area (Å²) in [7, 11) is 0. The summed E-state index contributed by atoms with van der Waals surface area (Å²) in [4.78, 5) is 4.26. The molecule has 2 N–H and O–H groups in total. The van der Waals surface area contributed by atoms with Crippen molar-refractivity contribution < 1.29 is 14.7 Å². The molecule has 1 aromatic heterocycles. The third-order valence-corrected chi connectivity index (χ3v) is 3.28. The summed E-state index contributed by atoms with van der Waals surface area (Å²) < 4.78 is 5.18. The molecular formula is C15H11ClN2O3. The first-order valence-corrected chi connectivity index (χ1v) is 6.59. The molecule has 106 valence electrons. The molecule has 0 fully saturated rings. The second-order valence-electron chi connectivity index (χ2n) is 4.52. The first-order chi connectivity index (χ1) is 10.1. The Morgan fingerprint density at radius 1 is 1.00 bits per heavy atom. The van der Waals surface area contributed by atoms with Gasteiger partial charge in [0.15, 0.2) is 5.82 Å². The lowest BCUT2D eigenvalue weighted by Crippen LogP contribution is -1.90. The van der Waals surface area contributed by atoms with Gasteiger partial charge in [-0.2, -0.15) is 4.98 Å². The van der Waals surface area contributed by atoms with Crippen LogP contribution in [0.2, 0.25) is 5.02 Å². The molecule has 3 aromatic rings. The highest BCUT2D eigenvalue weighted by molar-refractivity contribution is 6.33. The Kier molecular flexibility index (Phi) is 3.50. The van der Waals surface area contributed by atoms with E-state index >= 15 is 0 Å². The van der Waals surface area contributed by atoms with Gasteiger partial charge in [-0.1, -0.05) is 28.9 Å². The summed E-state index contributed by atoms with van der Waals surface area (Å²) in [6.07, 6.45) is 0.472. The SMILES string of the molecule is Oc1ccc(Cc2noc(-c3cc(O)ccc3Cl)n2)cc1. The molecule has 0 saturated heterocycles. The lowest BCUT2D eigenvalue weighted by atomic mass is 10.1. The van der Waals surface area contributed by atoms with E-state index in [4.69, 9.17) is 16.1 Å². The molecular weight excluding hydrogens is 292 g/mol. The van der Waals surface area contributed by atoms with Crippen molar-refractivity contribution in [3.63, 3.8) is 0 Å². The van der Waals surface area contributed by atoms with E-state index in [1.54, 1.807) is 30.3 Å². The molecule has 0 saturated carbocycles. The smallest absolute Gasteiger partial charge is 0.259 e. The molecule has 2 aromatic carbocycles. The summed E-state index contributed by atoms with van der Waals surface area (Å²) in [5, 5.41) is 23.1. The summed E-state index contributed by atoms with van der Waals surface area (Å²) in [6.45, 7) is 0. The first-order valence-electron chi connectivity index (χ1n) is 6.21. The van der Waals surface area contributed by atoms with Crippen LogP contribution in [0.3, 0.4) is 0 Å². The Hall–Kier alpha value is -2.53. The standard InChI is InChI=1S/C15H11ClN2O3/c16-13-6-5-11(20)8-12(13)15-17-14(18-21-15)7-9-1-3-10(19)4-2-9/h1-6,8,19-20H,7H2. The molecule has 0 bridgehead atoms. The number of rotatable bonds is 3. The van der Waals surface area contributed by atoms with Gasteiger partial charge in [0.05, 0.1) is 10.6 Å². The predicted octanol–water partition coefficient (Wildman–Crippen LogP) is 3.39. The van der Waals surface area contributed by atoms with E-state index in [2.05, 4.69) is 10.1 Å². The number of aromatic nitrogens is 2. The van der Waals surface area contributed by atoms with Gasteiger partial charge < -0.3 is 14.7 Å². The Balaban J connectivity index is 1.86. The Morgan fingerprint density at radius 2 is 1.71 bits per heavy atom. The van der Waals surface area contributed by atoms with E-state index < -0.39 is 0 Å². The normalized spacial score (nSPS) is 10.7. The van der Waals surface area contributed by atoms with E-state index in [-0.39, 0.29) is 17.4 Å². The van der Waals surface area contributed by atoms with Gasteiger partial charge in [0, 0.05) is 6.42 Å². The highest BCUT2D eigenvalue weighted by Crippen LogP contribution is 2.30. The van der Waals surface area contributed by atoms with Crippen LogP contribution in [0.25, 0.3) is 11.5 Å². The molecule has 0 radical (unpaired) electrons. The predicted molar refractivity (Wildman–Crippen MR) is 77.3 cm³/mol. The van der Waals surface area contributed by atoms with Gasteiger partial charge in [-0.05, 0) is 35.9 Å². The van der Waals surface area contributed by atoms with Crippen LogP contribution in [0.15, 0.2) is 47.0 Å². The van der Waals surface area contributed by atoms with Gasteiger partial charge in [-0.25, -0.2) is 0 Å². The van der Waals surface area contributed by atoms with Crippen LogP contribution in [-0.4, -0.2) is 20.4 Å². The van der Waals surface area contributed by atoms with Crippen molar-refractivity contribution in [2.45, 2.75) is 6.42 Å². The quantitative estimate of drug-likeness (QED) is 0.775. The van der Waals surface area contributed by atoms with Gasteiger partial charge in [-0.15, -0.1) is 0 Å². The maximum absolute atomic E-state index is 9.49. The molecule has 0 aliphatic carbocycles. The zero-order chi connectivity index (χ0) is 14.8. The van der Waals surface area contributed by atoms with Crippen molar-refractivity contribution >= 4 is 11.6 Å². The topological polar surface area (TPSA) is 79.4 Å². The zero-order valence-electron chi connectivity index (χ0n) is 10.8. The van der Waals surface area contributed by atoms with Gasteiger partial charge in [0.1, 0.15) is 11.5 Å². The minimum absolute atomic E-state index is 0.0766. The molecule has 0 atom stereocenters. The molecule has 0 spiro atoms. The van der Waals surface area contributed by atoms with Gasteiger partial charge in [-0.3, -0.25) is 0 Å². The lowest BCUT2D eigenvalue weighted by molar-refractivity contribution is 0.423. The molecule has 0 unspecified atom stereocenters. The molecule has 0 aliphatic rings. The van der Waals surface area contributed by atoms with E-state index in [0.717, 1.165) is 5.56 Å². The second kappa shape index (κ2) is 5.46. The minimum atomic E-state index is 0.0766. The van der Waals surface area contributed by atoms with Crippen LogP contribution in [0.4, 0.5) is 0 Å². The van der Waals surface area contributed by atoms with Crippen molar-refractivity contribution in [1.29, 1.82) is 0 Å². The highest BCUT2D eigenvalue weighted by atomic mass is 35.5. The van der Waals surface area contributed by atoms with E-state index in [1.165, 1.54) is 12.1 Å². The zero-order valence-corrected chi connectivity index (χ0v) is 11.6. The van der Waals surface area contributed by atoms with Gasteiger partial charge in [0.2, 0.25) is 0 Å². The number of hydrogen-bond donors (Lipinski definition) is 2. The fraction of sp³-hybridized carbons (Fsp3) is 0.0667. The van der Waals surface area contributed by atoms with Crippen LogP contribution >= 0.6 is 11.6 Å². The fourth-order valence-electron chi connectivity index (χ4n) is 1.91. The van der Waals surface area contributed by atoms with Crippen LogP contribution in [0.1, 0.15) is 11.4 Å². The number of halogens is 1. The summed E-state index contributed by atoms with van der Waals surface area (Å²) in [5.74, 6) is 1.03. The van der Waals surface area contributed by atoms with E-state index in [1.807, 2.05) is 0 Å². The second-order valence-corrected chi connectivity index (χ2v) is 4.93. The molecule has 5 nitrogen and oxygen atoms in total. The molecule has 0 aliphatic heterocycles. The largest absolute Gasteiger partial charge is 0.508 e. The van der Waals surface area contributed by atoms with E-state index in [9.17, 15) is 10.2 Å². The maximum atomic E-state index is 9.49. The maximum Gasteiger partial charge on any atom is 0.259 e. The van der Waals surface area contributed by atoms with Crippen molar-refractivity contribution in [3.05, 3.63) is 58.9 Å². The van der Waals surface area contributed by atoms with Crippen molar-refractivity contribution in [1.82, 2.24) is 10.1 Å². The van der Waals surface area contributed by atoms with Crippen LogP contribution in [0.5, 0.6) is 11.5 Å². The van der Waals surface area contributed by atoms with Crippen LogP contribution < -0.4 is 0 Å². The van der Waals surface area contributed by atoms with Crippen molar-refractivity contribution in [2.24, 2.45) is 0 Å². The number of hydrogen-bond acceptors (Lipinski definition) is 5. The average Bonchev–Trinajstić information content (AvgIpc) is 2.92. The van der Waals surface area contributed by atoms with E-state index in [0.29, 0.717) is 22.8 Å². The molecule has 1 heterocycles. The van der Waals surface area contributed by atoms with Crippen molar-refractivity contribution in [2.75, 3.05) is 0 Å². The number of nitrogens with zero attached hydrogens (tertiary/aromatic N) is 2. The number of phenols is 2. The Morgan fingerprint density at radius 3 is 2.48 bits per heavy atom. The Labute approximate surface area is 125 Å². The number of aromatic hydroxyl groups is 2. The third-order valence-electron chi connectivity index (χ3n) is 2.95. The molecule has 3 rings (SSSR count). The molecule has 21 heavy (non-hydrogen) atoms. The summed E-state index contributed by atoms with van der Waals surface area (Å²) >= 11 is 6.05. The summed E-state index contributed by atoms with van der Waals surface area (Å²) in [5.41, 5.74) is 1.43. The number of phenolic OH excluding ortho intramolecular Hbond substituents is 2. The minimum Gasteiger partial charge on any atom is -0.508 e. The monoisotopic (exact) mass is 302 g/mol. The lowest BCUT2D eigenvalue weighted by Gasteiger charge is -1.99. The van der Waals surface area contributed by atoms with Crippen molar-refractivity contribution in [3.8, 4) is 23.0 Å². The fourth-order valence-corrected chi connectivity index (χ4v) is 2.11. The number of benzene rings is 2.